The largest absolute Gasteiger partial charge is 0.340 e. The molecule has 3 atom stereocenters. The normalized spacial score (nSPS) is 19.2. The van der Waals surface area contributed by atoms with Crippen LogP contribution < -0.4 is 5.73 Å². The molecule has 2 N–H and O–H groups in total. The minimum Gasteiger partial charge on any atom is -0.340 e. The number of aromatic nitrogens is 2. The fourth-order valence-corrected chi connectivity index (χ4v) is 3.37. The van der Waals surface area contributed by atoms with Gasteiger partial charge in [0.25, 0.3) is 0 Å². The standard InChI is InChI=1S/C19H27N5O2/c1-13(17(20)16-7-5-4-6-8-16)19(25)24-11-9-23(10-12-24)14(2)18-21-15(3)22-26-18/h4-8,13-14,17H,9-12,20H2,1-3H3. The molecule has 0 spiro atoms. The Kier molecular flexibility index (Phi) is 5.68. The van der Waals surface area contributed by atoms with Crippen molar-refractivity contribution in [3.8, 4) is 0 Å². The molecule has 0 radical (unpaired) electrons. The molecular formula is C19H27N5O2. The van der Waals surface area contributed by atoms with Crippen molar-refractivity contribution in [2.24, 2.45) is 11.7 Å². The molecule has 1 aliphatic heterocycles. The maximum atomic E-state index is 12.8. The zero-order valence-corrected chi connectivity index (χ0v) is 15.6. The predicted molar refractivity (Wildman–Crippen MR) is 98.1 cm³/mol. The molecule has 3 unspecified atom stereocenters. The highest BCUT2D eigenvalue weighted by molar-refractivity contribution is 5.79. The van der Waals surface area contributed by atoms with Crippen molar-refractivity contribution in [2.75, 3.05) is 26.2 Å². The molecule has 1 aromatic heterocycles. The van der Waals surface area contributed by atoms with Crippen molar-refractivity contribution in [3.05, 3.63) is 47.6 Å². The number of hydrogen-bond donors (Lipinski definition) is 1. The smallest absolute Gasteiger partial charge is 0.243 e. The van der Waals surface area contributed by atoms with Gasteiger partial charge in [0.1, 0.15) is 0 Å². The number of nitrogens with zero attached hydrogens (tertiary/aromatic N) is 4. The molecule has 7 nitrogen and oxygen atoms in total. The summed E-state index contributed by atoms with van der Waals surface area (Å²) < 4.78 is 5.27. The summed E-state index contributed by atoms with van der Waals surface area (Å²) in [4.78, 5) is 21.3. The summed E-state index contributed by atoms with van der Waals surface area (Å²) in [5, 5.41) is 3.86. The number of amides is 1. The van der Waals surface area contributed by atoms with E-state index in [0.717, 1.165) is 18.7 Å². The van der Waals surface area contributed by atoms with E-state index in [9.17, 15) is 4.79 Å². The third kappa shape index (κ3) is 3.94. The lowest BCUT2D eigenvalue weighted by molar-refractivity contribution is -0.137. The second-order valence-corrected chi connectivity index (χ2v) is 6.94. The van der Waals surface area contributed by atoms with Crippen LogP contribution in [0.15, 0.2) is 34.9 Å². The van der Waals surface area contributed by atoms with Gasteiger partial charge in [-0.2, -0.15) is 4.98 Å². The topological polar surface area (TPSA) is 88.5 Å². The molecule has 140 valence electrons. The van der Waals surface area contributed by atoms with Gasteiger partial charge in [-0.1, -0.05) is 42.4 Å². The number of hydrogen-bond acceptors (Lipinski definition) is 6. The molecule has 0 bridgehead atoms. The van der Waals surface area contributed by atoms with Crippen LogP contribution in [0.25, 0.3) is 0 Å². The van der Waals surface area contributed by atoms with E-state index in [1.54, 1.807) is 0 Å². The molecule has 7 heteroatoms. The lowest BCUT2D eigenvalue weighted by Crippen LogP contribution is -2.51. The number of aryl methyl sites for hydroxylation is 1. The van der Waals surface area contributed by atoms with Crippen molar-refractivity contribution in [1.82, 2.24) is 19.9 Å². The van der Waals surface area contributed by atoms with E-state index in [-0.39, 0.29) is 23.9 Å². The van der Waals surface area contributed by atoms with Crippen molar-refractivity contribution < 1.29 is 9.32 Å². The lowest BCUT2D eigenvalue weighted by atomic mass is 9.94. The Morgan fingerprint density at radius 3 is 2.38 bits per heavy atom. The second kappa shape index (κ2) is 7.97. The van der Waals surface area contributed by atoms with E-state index in [1.807, 2.05) is 49.1 Å². The van der Waals surface area contributed by atoms with Gasteiger partial charge in [-0.25, -0.2) is 0 Å². The second-order valence-electron chi connectivity index (χ2n) is 6.94. The van der Waals surface area contributed by atoms with Crippen LogP contribution in [0.5, 0.6) is 0 Å². The first kappa shape index (κ1) is 18.5. The molecule has 26 heavy (non-hydrogen) atoms. The van der Waals surface area contributed by atoms with Gasteiger partial charge in [-0.3, -0.25) is 9.69 Å². The average Bonchev–Trinajstić information content (AvgIpc) is 3.13. The van der Waals surface area contributed by atoms with Crippen LogP contribution in [-0.4, -0.2) is 52.0 Å². The molecule has 0 saturated carbocycles. The predicted octanol–water partition coefficient (Wildman–Crippen LogP) is 1.92. The summed E-state index contributed by atoms with van der Waals surface area (Å²) in [6.07, 6.45) is 0. The molecule has 2 heterocycles. The number of rotatable bonds is 5. The third-order valence-electron chi connectivity index (χ3n) is 5.19. The maximum absolute atomic E-state index is 12.8. The summed E-state index contributed by atoms with van der Waals surface area (Å²) in [7, 11) is 0. The van der Waals surface area contributed by atoms with Gasteiger partial charge in [0, 0.05) is 32.2 Å². The first-order valence-corrected chi connectivity index (χ1v) is 9.11. The van der Waals surface area contributed by atoms with E-state index >= 15 is 0 Å². The zero-order valence-electron chi connectivity index (χ0n) is 15.6. The molecule has 1 fully saturated rings. The van der Waals surface area contributed by atoms with Crippen LogP contribution in [0.4, 0.5) is 0 Å². The Balaban J connectivity index is 1.56. The van der Waals surface area contributed by atoms with Gasteiger partial charge in [0.15, 0.2) is 5.82 Å². The van der Waals surface area contributed by atoms with Crippen LogP contribution in [0, 0.1) is 12.8 Å². The van der Waals surface area contributed by atoms with Crippen molar-refractivity contribution in [3.63, 3.8) is 0 Å². The molecule has 1 aliphatic rings. The van der Waals surface area contributed by atoms with Crippen molar-refractivity contribution >= 4 is 5.91 Å². The maximum Gasteiger partial charge on any atom is 0.243 e. The molecule has 1 amide bonds. The van der Waals surface area contributed by atoms with Gasteiger partial charge in [0.2, 0.25) is 11.8 Å². The van der Waals surface area contributed by atoms with E-state index in [4.69, 9.17) is 10.3 Å². The monoisotopic (exact) mass is 357 g/mol. The quantitative estimate of drug-likeness (QED) is 0.879. The lowest BCUT2D eigenvalue weighted by Gasteiger charge is -2.38. The zero-order chi connectivity index (χ0) is 18.7. The number of nitrogens with two attached hydrogens (primary N) is 1. The van der Waals surface area contributed by atoms with Gasteiger partial charge >= 0.3 is 0 Å². The molecule has 2 aromatic rings. The Morgan fingerprint density at radius 1 is 1.15 bits per heavy atom. The van der Waals surface area contributed by atoms with E-state index < -0.39 is 0 Å². The van der Waals surface area contributed by atoms with Gasteiger partial charge in [0.05, 0.1) is 12.0 Å². The highest BCUT2D eigenvalue weighted by Crippen LogP contribution is 2.24. The SMILES string of the molecule is Cc1noc(C(C)N2CCN(C(=O)C(C)C(N)c3ccccc3)CC2)n1. The number of piperazine rings is 1. The minimum atomic E-state index is -0.290. The molecule has 0 aliphatic carbocycles. The van der Waals surface area contributed by atoms with Crippen LogP contribution >= 0.6 is 0 Å². The number of benzene rings is 1. The Bertz CT molecular complexity index is 725. The summed E-state index contributed by atoms with van der Waals surface area (Å²) in [5.74, 6) is 1.13. The van der Waals surface area contributed by atoms with Gasteiger partial charge < -0.3 is 15.2 Å². The third-order valence-corrected chi connectivity index (χ3v) is 5.19. The molecule has 1 aromatic carbocycles. The fourth-order valence-electron chi connectivity index (χ4n) is 3.37. The molecule has 1 saturated heterocycles. The van der Waals surface area contributed by atoms with E-state index in [2.05, 4.69) is 22.0 Å². The highest BCUT2D eigenvalue weighted by atomic mass is 16.5. The Hall–Kier alpha value is -2.25. The van der Waals surface area contributed by atoms with Crippen molar-refractivity contribution in [1.29, 1.82) is 0 Å². The van der Waals surface area contributed by atoms with Crippen LogP contribution in [0.2, 0.25) is 0 Å². The van der Waals surface area contributed by atoms with E-state index in [1.165, 1.54) is 0 Å². The minimum absolute atomic E-state index is 0.0532. The average molecular weight is 357 g/mol. The number of carbonyl (C=O) groups excluding carboxylic acids is 1. The molecular weight excluding hydrogens is 330 g/mol. The summed E-state index contributed by atoms with van der Waals surface area (Å²) in [5.41, 5.74) is 7.31. The Morgan fingerprint density at radius 2 is 1.81 bits per heavy atom. The summed E-state index contributed by atoms with van der Waals surface area (Å²) >= 11 is 0. The Labute approximate surface area is 154 Å². The highest BCUT2D eigenvalue weighted by Gasteiger charge is 2.31. The van der Waals surface area contributed by atoms with E-state index in [0.29, 0.717) is 24.8 Å². The summed E-state index contributed by atoms with van der Waals surface area (Å²) in [6, 6.07) is 9.56. The number of carbonyl (C=O) groups is 1. The summed E-state index contributed by atoms with van der Waals surface area (Å²) in [6.45, 7) is 8.70. The first-order valence-electron chi connectivity index (χ1n) is 9.11. The molecule has 3 rings (SSSR count). The van der Waals surface area contributed by atoms with Crippen molar-refractivity contribution in [2.45, 2.75) is 32.9 Å². The van der Waals surface area contributed by atoms with Gasteiger partial charge in [-0.15, -0.1) is 0 Å². The van der Waals surface area contributed by atoms with Crippen LogP contribution in [0.1, 0.15) is 43.2 Å². The van der Waals surface area contributed by atoms with Gasteiger partial charge in [-0.05, 0) is 19.4 Å². The van der Waals surface area contributed by atoms with Crippen LogP contribution in [-0.2, 0) is 4.79 Å². The fraction of sp³-hybridized carbons (Fsp3) is 0.526. The van der Waals surface area contributed by atoms with Crippen LogP contribution in [0.3, 0.4) is 0 Å². The first-order chi connectivity index (χ1) is 12.5.